The smallest absolute Gasteiger partial charge is 0.260 e. The Morgan fingerprint density at radius 3 is 2.69 bits per heavy atom. The minimum absolute atomic E-state index is 0.247. The lowest BCUT2D eigenvalue weighted by Gasteiger charge is -2.14. The summed E-state index contributed by atoms with van der Waals surface area (Å²) in [5, 5.41) is 2.65. The van der Waals surface area contributed by atoms with Crippen molar-refractivity contribution in [1.29, 1.82) is 0 Å². The zero-order valence-electron chi connectivity index (χ0n) is 7.06. The Morgan fingerprint density at radius 2 is 2.31 bits per heavy atom. The third-order valence-electron chi connectivity index (χ3n) is 1.60. The molecule has 2 nitrogen and oxygen atoms in total. The van der Waals surface area contributed by atoms with E-state index in [1.54, 1.807) is 13.0 Å². The molecule has 0 fully saturated rings. The molecule has 1 atom stereocenters. The number of furan rings is 1. The van der Waals surface area contributed by atoms with Gasteiger partial charge in [0.05, 0.1) is 10.7 Å². The summed E-state index contributed by atoms with van der Waals surface area (Å²) in [6.07, 6.45) is -1.09. The van der Waals surface area contributed by atoms with Gasteiger partial charge in [0.25, 0.3) is 6.43 Å². The first-order valence-corrected chi connectivity index (χ1v) is 4.70. The van der Waals surface area contributed by atoms with E-state index in [2.05, 4.69) is 21.2 Å². The van der Waals surface area contributed by atoms with E-state index < -0.39 is 12.5 Å². The van der Waals surface area contributed by atoms with E-state index in [0.29, 0.717) is 11.0 Å². The van der Waals surface area contributed by atoms with Gasteiger partial charge in [0, 0.05) is 0 Å². The monoisotopic (exact) mass is 253 g/mol. The van der Waals surface area contributed by atoms with Crippen molar-refractivity contribution in [2.75, 3.05) is 6.54 Å². The Bertz CT molecular complexity index is 264. The first-order valence-electron chi connectivity index (χ1n) is 3.91. The van der Waals surface area contributed by atoms with Crippen LogP contribution in [0.2, 0.25) is 0 Å². The van der Waals surface area contributed by atoms with Crippen molar-refractivity contribution in [2.45, 2.75) is 19.4 Å². The second-order valence-electron chi connectivity index (χ2n) is 2.50. The second-order valence-corrected chi connectivity index (χ2v) is 3.36. The predicted molar refractivity (Wildman–Crippen MR) is 48.8 cm³/mol. The van der Waals surface area contributed by atoms with Crippen LogP contribution in [0.5, 0.6) is 0 Å². The molecule has 0 saturated heterocycles. The SMILES string of the molecule is CCNC(c1occc1Br)C(F)F. The fourth-order valence-electron chi connectivity index (χ4n) is 1.04. The molecule has 0 aliphatic carbocycles. The zero-order valence-corrected chi connectivity index (χ0v) is 8.64. The molecule has 0 aliphatic rings. The molecule has 5 heteroatoms. The van der Waals surface area contributed by atoms with Gasteiger partial charge in [-0.15, -0.1) is 0 Å². The normalized spacial score (nSPS) is 13.6. The van der Waals surface area contributed by atoms with Crippen molar-refractivity contribution in [2.24, 2.45) is 0 Å². The molecule has 0 radical (unpaired) electrons. The molecule has 1 aromatic heterocycles. The van der Waals surface area contributed by atoms with Crippen LogP contribution in [-0.4, -0.2) is 13.0 Å². The molecule has 0 spiro atoms. The Balaban J connectivity index is 2.82. The fourth-order valence-corrected chi connectivity index (χ4v) is 1.49. The third-order valence-corrected chi connectivity index (χ3v) is 2.26. The van der Waals surface area contributed by atoms with Crippen LogP contribution in [0.25, 0.3) is 0 Å². The Labute approximate surface area is 83.4 Å². The van der Waals surface area contributed by atoms with E-state index in [1.807, 2.05) is 0 Å². The van der Waals surface area contributed by atoms with Gasteiger partial charge in [-0.1, -0.05) is 6.92 Å². The van der Waals surface area contributed by atoms with Gasteiger partial charge in [-0.3, -0.25) is 0 Å². The number of halogens is 3. The van der Waals surface area contributed by atoms with Crippen LogP contribution in [-0.2, 0) is 0 Å². The second kappa shape index (κ2) is 4.72. The maximum atomic E-state index is 12.5. The van der Waals surface area contributed by atoms with E-state index in [0.717, 1.165) is 0 Å². The van der Waals surface area contributed by atoms with Crippen molar-refractivity contribution in [3.8, 4) is 0 Å². The quantitative estimate of drug-likeness (QED) is 0.893. The van der Waals surface area contributed by atoms with Gasteiger partial charge in [-0.05, 0) is 28.5 Å². The average molecular weight is 254 g/mol. The van der Waals surface area contributed by atoms with Crippen molar-refractivity contribution >= 4 is 15.9 Å². The van der Waals surface area contributed by atoms with Gasteiger partial charge in [-0.25, -0.2) is 8.78 Å². The molecule has 74 valence electrons. The molecule has 1 aromatic rings. The molecule has 1 unspecified atom stereocenters. The first-order chi connectivity index (χ1) is 6.16. The van der Waals surface area contributed by atoms with Crippen LogP contribution in [0, 0.1) is 0 Å². The van der Waals surface area contributed by atoms with Crippen LogP contribution < -0.4 is 5.32 Å². The van der Waals surface area contributed by atoms with E-state index in [1.165, 1.54) is 6.26 Å². The largest absolute Gasteiger partial charge is 0.466 e. The van der Waals surface area contributed by atoms with E-state index in [-0.39, 0.29) is 5.76 Å². The summed E-state index contributed by atoms with van der Waals surface area (Å²) in [5.74, 6) is 0.247. The fraction of sp³-hybridized carbons (Fsp3) is 0.500. The highest BCUT2D eigenvalue weighted by molar-refractivity contribution is 9.10. The maximum Gasteiger partial charge on any atom is 0.260 e. The highest BCUT2D eigenvalue weighted by Gasteiger charge is 2.26. The van der Waals surface area contributed by atoms with Gasteiger partial charge < -0.3 is 9.73 Å². The number of alkyl halides is 2. The summed E-state index contributed by atoms with van der Waals surface area (Å²) in [5.41, 5.74) is 0. The highest BCUT2D eigenvalue weighted by atomic mass is 79.9. The summed E-state index contributed by atoms with van der Waals surface area (Å²) in [4.78, 5) is 0. The van der Waals surface area contributed by atoms with E-state index >= 15 is 0 Å². The van der Waals surface area contributed by atoms with Gasteiger partial charge in [-0.2, -0.15) is 0 Å². The van der Waals surface area contributed by atoms with Gasteiger partial charge in [0.15, 0.2) is 0 Å². The van der Waals surface area contributed by atoms with Crippen LogP contribution in [0.4, 0.5) is 8.78 Å². The first kappa shape index (κ1) is 10.7. The lowest BCUT2D eigenvalue weighted by molar-refractivity contribution is 0.0884. The lowest BCUT2D eigenvalue weighted by atomic mass is 10.2. The Kier molecular flexibility index (Phi) is 3.87. The standard InChI is InChI=1S/C8H10BrF2NO/c1-2-12-6(8(10)11)7-5(9)3-4-13-7/h3-4,6,8,12H,2H2,1H3. The molecular formula is C8H10BrF2NO. The summed E-state index contributed by atoms with van der Waals surface area (Å²) in [6.45, 7) is 2.24. The molecule has 0 amide bonds. The Morgan fingerprint density at radius 1 is 1.62 bits per heavy atom. The van der Waals surface area contributed by atoms with Gasteiger partial charge in [0.2, 0.25) is 0 Å². The summed E-state index contributed by atoms with van der Waals surface area (Å²) in [7, 11) is 0. The van der Waals surface area contributed by atoms with Crippen LogP contribution in [0.15, 0.2) is 21.2 Å². The third kappa shape index (κ3) is 2.51. The van der Waals surface area contributed by atoms with Crippen molar-refractivity contribution < 1.29 is 13.2 Å². The lowest BCUT2D eigenvalue weighted by Crippen LogP contribution is -2.26. The average Bonchev–Trinajstić information content (AvgIpc) is 2.47. The number of hydrogen-bond acceptors (Lipinski definition) is 2. The predicted octanol–water partition coefficient (Wildman–Crippen LogP) is 2.96. The summed E-state index contributed by atoms with van der Waals surface area (Å²) >= 11 is 3.14. The van der Waals surface area contributed by atoms with Crippen LogP contribution in [0.1, 0.15) is 18.7 Å². The minimum atomic E-state index is -2.47. The zero-order chi connectivity index (χ0) is 9.84. The van der Waals surface area contributed by atoms with E-state index in [9.17, 15) is 8.78 Å². The number of rotatable bonds is 4. The number of nitrogens with one attached hydrogen (secondary N) is 1. The Hall–Kier alpha value is -0.420. The molecule has 1 N–H and O–H groups in total. The minimum Gasteiger partial charge on any atom is -0.466 e. The molecule has 0 saturated carbocycles. The topological polar surface area (TPSA) is 25.2 Å². The summed E-state index contributed by atoms with van der Waals surface area (Å²) < 4.78 is 30.5. The molecule has 13 heavy (non-hydrogen) atoms. The van der Waals surface area contributed by atoms with E-state index in [4.69, 9.17) is 4.42 Å². The summed E-state index contributed by atoms with van der Waals surface area (Å²) in [6, 6.07) is 0.566. The van der Waals surface area contributed by atoms with Gasteiger partial charge >= 0.3 is 0 Å². The highest BCUT2D eigenvalue weighted by Crippen LogP contribution is 2.28. The van der Waals surface area contributed by atoms with Gasteiger partial charge in [0.1, 0.15) is 11.8 Å². The molecule has 0 aliphatic heterocycles. The molecule has 1 rings (SSSR count). The van der Waals surface area contributed by atoms with Crippen LogP contribution >= 0.6 is 15.9 Å². The number of hydrogen-bond donors (Lipinski definition) is 1. The van der Waals surface area contributed by atoms with Crippen LogP contribution in [0.3, 0.4) is 0 Å². The van der Waals surface area contributed by atoms with Crippen molar-refractivity contribution in [1.82, 2.24) is 5.32 Å². The maximum absolute atomic E-state index is 12.5. The molecule has 0 bridgehead atoms. The molecular weight excluding hydrogens is 244 g/mol. The van der Waals surface area contributed by atoms with Crippen molar-refractivity contribution in [3.05, 3.63) is 22.6 Å². The molecule has 1 heterocycles. The van der Waals surface area contributed by atoms with Crippen molar-refractivity contribution in [3.63, 3.8) is 0 Å². The molecule has 0 aromatic carbocycles.